The van der Waals surface area contributed by atoms with E-state index in [0.717, 1.165) is 79.9 Å². The minimum Gasteiger partial charge on any atom is -0.478 e. The van der Waals surface area contributed by atoms with Gasteiger partial charge in [-0.05, 0) is 95.3 Å². The maximum atomic E-state index is 13.4. The van der Waals surface area contributed by atoms with Crippen molar-refractivity contribution >= 4 is 75.2 Å². The van der Waals surface area contributed by atoms with Gasteiger partial charge < -0.3 is 34.5 Å². The number of carbonyl (C=O) groups is 5. The van der Waals surface area contributed by atoms with Crippen molar-refractivity contribution in [1.29, 1.82) is 0 Å². The highest BCUT2D eigenvalue weighted by Gasteiger charge is 2.45. The molecule has 5 aliphatic rings. The average molecular weight is 909 g/mol. The first-order valence-corrected chi connectivity index (χ1v) is 22.7. The Kier molecular flexibility index (Phi) is 12.2. The lowest BCUT2D eigenvalue weighted by Crippen LogP contribution is -2.60. The quantitative estimate of drug-likeness (QED) is 0.172. The lowest BCUT2D eigenvalue weighted by molar-refractivity contribution is -0.136. The number of nitrogens with one attached hydrogen (secondary N) is 3. The van der Waals surface area contributed by atoms with Gasteiger partial charge in [-0.25, -0.2) is 4.98 Å². The topological polar surface area (TPSA) is 201 Å². The molecule has 1 unspecified atom stereocenters. The summed E-state index contributed by atoms with van der Waals surface area (Å²) in [7, 11) is 1.51. The number of rotatable bonds is 12. The Morgan fingerprint density at radius 2 is 1.69 bits per heavy atom. The highest BCUT2D eigenvalue weighted by molar-refractivity contribution is 6.33. The van der Waals surface area contributed by atoms with Crippen molar-refractivity contribution < 1.29 is 33.4 Å². The maximum Gasteiger partial charge on any atom is 0.293 e. The van der Waals surface area contributed by atoms with Crippen molar-refractivity contribution in [3.05, 3.63) is 75.2 Å². The molecule has 1 aliphatic carbocycles. The van der Waals surface area contributed by atoms with Gasteiger partial charge in [0, 0.05) is 81.1 Å². The third-order valence-electron chi connectivity index (χ3n) is 13.3. The highest BCUT2D eigenvalue weighted by Crippen LogP contribution is 2.36. The minimum atomic E-state index is -0.988. The van der Waals surface area contributed by atoms with E-state index in [0.29, 0.717) is 34.1 Å². The van der Waals surface area contributed by atoms with E-state index in [4.69, 9.17) is 26.1 Å². The molecule has 2 atom stereocenters. The summed E-state index contributed by atoms with van der Waals surface area (Å²) < 4.78 is 13.9. The smallest absolute Gasteiger partial charge is 0.293 e. The standard InChI is InChI=1S/C46H53ClN10O8/c1-25(2)56-36-8-5-28(17-27(36)18-38(45(56)63)64-24-40(59)48-4)50-41-35(47)22-49-46(52-41)53-13-11-31(12-14-53)65-32-19-30(20-32)55-16-15-54(23-26(55)3)29-6-7-33-34(21-29)44(62)57(43(33)61)37-9-10-39(58)51-42(37)60/h5-8,17-18,21-22,25-26,30-32,37H,9-16,19-20,23-24H2,1-4H3,(H,48,59)(H,49,50,52)(H,51,58,60)/t26-,30?,32?,37?/m0/s1. The summed E-state index contributed by atoms with van der Waals surface area (Å²) in [6.45, 7) is 9.66. The molecule has 18 nitrogen and oxygen atoms in total. The first-order valence-electron chi connectivity index (χ1n) is 22.3. The number of nitrogens with zero attached hydrogens (tertiary/aromatic N) is 7. The van der Waals surface area contributed by atoms with E-state index in [1.54, 1.807) is 29.0 Å². The number of halogens is 1. The summed E-state index contributed by atoms with van der Waals surface area (Å²) in [6, 6.07) is 12.1. The summed E-state index contributed by atoms with van der Waals surface area (Å²) in [4.78, 5) is 93.2. The van der Waals surface area contributed by atoms with Crippen LogP contribution < -0.4 is 36.0 Å². The van der Waals surface area contributed by atoms with Crippen LogP contribution >= 0.6 is 11.6 Å². The maximum absolute atomic E-state index is 13.4. The number of benzene rings is 2. The fourth-order valence-corrected chi connectivity index (χ4v) is 9.89. The molecule has 2 aromatic carbocycles. The zero-order valence-corrected chi connectivity index (χ0v) is 37.6. The van der Waals surface area contributed by atoms with Crippen LogP contribution in [-0.2, 0) is 19.1 Å². The number of anilines is 4. The molecule has 3 N–H and O–H groups in total. The third kappa shape index (κ3) is 8.73. The van der Waals surface area contributed by atoms with Crippen LogP contribution in [-0.4, -0.2) is 131 Å². The minimum absolute atomic E-state index is 0.0816. The van der Waals surface area contributed by atoms with Crippen LogP contribution in [0.15, 0.2) is 53.5 Å². The Morgan fingerprint density at radius 3 is 2.42 bits per heavy atom. The number of amides is 5. The highest BCUT2D eigenvalue weighted by atomic mass is 35.5. The Labute approximate surface area is 380 Å². The fourth-order valence-electron chi connectivity index (χ4n) is 9.75. The van der Waals surface area contributed by atoms with Gasteiger partial charge in [0.1, 0.15) is 11.1 Å². The SMILES string of the molecule is CNC(=O)COc1cc2cc(Nc3nc(N4CCC(OC5CC(N6CCN(c7ccc8c(c7)C(=O)N(C7CCC(=O)NC7=O)C8=O)C[C@@H]6C)C5)CC4)ncc3Cl)ccc2n(C(C)C)c1=O. The fraction of sp³-hybridized carbons (Fsp3) is 0.478. The predicted molar refractivity (Wildman–Crippen MR) is 243 cm³/mol. The van der Waals surface area contributed by atoms with E-state index in [2.05, 4.69) is 42.6 Å². The molecule has 9 rings (SSSR count). The number of carbonyl (C=O) groups excluding carboxylic acids is 5. The largest absolute Gasteiger partial charge is 0.478 e. The van der Waals surface area contributed by atoms with Gasteiger partial charge in [0.15, 0.2) is 18.2 Å². The molecular weight excluding hydrogens is 856 g/mol. The molecule has 0 bridgehead atoms. The van der Waals surface area contributed by atoms with Crippen molar-refractivity contribution in [2.45, 2.75) is 95.7 Å². The Morgan fingerprint density at radius 1 is 0.923 bits per heavy atom. The lowest BCUT2D eigenvalue weighted by atomic mass is 9.86. The summed E-state index contributed by atoms with van der Waals surface area (Å²) in [5, 5.41) is 9.18. The van der Waals surface area contributed by atoms with Gasteiger partial charge in [-0.2, -0.15) is 4.98 Å². The molecule has 2 aromatic heterocycles. The molecule has 5 amide bonds. The van der Waals surface area contributed by atoms with Crippen molar-refractivity contribution in [3.8, 4) is 5.75 Å². The molecule has 6 heterocycles. The number of imide groups is 2. The molecular formula is C46H53ClN10O8. The summed E-state index contributed by atoms with van der Waals surface area (Å²) in [5.41, 5.74) is 2.56. The molecule has 4 aromatic rings. The number of aromatic nitrogens is 3. The molecule has 3 saturated heterocycles. The zero-order chi connectivity index (χ0) is 45.7. The molecule has 342 valence electrons. The number of fused-ring (bicyclic) bond motifs is 2. The number of pyridine rings is 1. The van der Waals surface area contributed by atoms with E-state index >= 15 is 0 Å². The van der Waals surface area contributed by atoms with E-state index in [9.17, 15) is 28.8 Å². The Hall–Kier alpha value is -6.11. The summed E-state index contributed by atoms with van der Waals surface area (Å²) in [5.74, 6) is -1.24. The van der Waals surface area contributed by atoms with Crippen molar-refractivity contribution in [2.24, 2.45) is 0 Å². The average Bonchev–Trinajstić information content (AvgIpc) is 3.52. The second kappa shape index (κ2) is 18.0. The van der Waals surface area contributed by atoms with Gasteiger partial charge in [0.2, 0.25) is 17.8 Å². The predicted octanol–water partition coefficient (Wildman–Crippen LogP) is 4.02. The van der Waals surface area contributed by atoms with Crippen molar-refractivity contribution in [1.82, 2.24) is 35.0 Å². The van der Waals surface area contributed by atoms with E-state index in [1.165, 1.54) is 7.05 Å². The summed E-state index contributed by atoms with van der Waals surface area (Å²) >= 11 is 6.60. The monoisotopic (exact) mass is 908 g/mol. The van der Waals surface area contributed by atoms with Gasteiger partial charge in [0.05, 0.1) is 35.0 Å². The van der Waals surface area contributed by atoms with Gasteiger partial charge >= 0.3 is 0 Å². The first-order chi connectivity index (χ1) is 31.3. The van der Waals surface area contributed by atoms with Gasteiger partial charge in [-0.15, -0.1) is 0 Å². The zero-order valence-electron chi connectivity index (χ0n) is 36.8. The summed E-state index contributed by atoms with van der Waals surface area (Å²) in [6.07, 6.45) is 5.78. The molecule has 0 radical (unpaired) electrons. The van der Waals surface area contributed by atoms with Crippen molar-refractivity contribution in [3.63, 3.8) is 0 Å². The Bertz CT molecular complexity index is 2630. The van der Waals surface area contributed by atoms with Crippen LogP contribution in [0.4, 0.5) is 23.1 Å². The molecule has 19 heteroatoms. The van der Waals surface area contributed by atoms with E-state index < -0.39 is 29.7 Å². The van der Waals surface area contributed by atoms with Gasteiger partial charge in [0.25, 0.3) is 23.3 Å². The second-order valence-corrected chi connectivity index (χ2v) is 18.2. The van der Waals surface area contributed by atoms with Gasteiger partial charge in [-0.1, -0.05) is 11.6 Å². The van der Waals surface area contributed by atoms with Crippen LogP contribution in [0.2, 0.25) is 5.02 Å². The number of ether oxygens (including phenoxy) is 2. The normalized spacial score (nSPS) is 22.9. The Balaban J connectivity index is 0.756. The first kappa shape index (κ1) is 44.1. The van der Waals surface area contributed by atoms with Crippen LogP contribution in [0.5, 0.6) is 5.75 Å². The van der Waals surface area contributed by atoms with Crippen LogP contribution in [0.1, 0.15) is 86.1 Å². The number of hydrogen-bond donors (Lipinski definition) is 3. The van der Waals surface area contributed by atoms with Crippen LogP contribution in [0.25, 0.3) is 10.9 Å². The number of piperazine rings is 1. The number of hydrogen-bond acceptors (Lipinski definition) is 14. The molecule has 0 spiro atoms. The van der Waals surface area contributed by atoms with Gasteiger partial charge in [-0.3, -0.25) is 43.9 Å². The van der Waals surface area contributed by atoms with Crippen molar-refractivity contribution in [2.75, 3.05) is 61.5 Å². The number of piperidine rings is 2. The molecule has 65 heavy (non-hydrogen) atoms. The van der Waals surface area contributed by atoms with E-state index in [-0.39, 0.29) is 66.5 Å². The van der Waals surface area contributed by atoms with Crippen LogP contribution in [0, 0.1) is 0 Å². The number of likely N-dealkylation sites (N-methyl/N-ethyl adjacent to an activating group) is 1. The second-order valence-electron chi connectivity index (χ2n) is 17.8. The lowest BCUT2D eigenvalue weighted by Gasteiger charge is -2.50. The molecule has 4 aliphatic heterocycles. The molecule has 1 saturated carbocycles. The van der Waals surface area contributed by atoms with E-state index in [1.807, 2.05) is 38.1 Å². The molecule has 4 fully saturated rings. The van der Waals surface area contributed by atoms with Crippen LogP contribution in [0.3, 0.4) is 0 Å². The third-order valence-corrected chi connectivity index (χ3v) is 13.5.